The molecule has 120 valence electrons. The minimum Gasteiger partial charge on any atom is -0.481 e. The van der Waals surface area contributed by atoms with E-state index in [1.165, 1.54) is 0 Å². The van der Waals surface area contributed by atoms with E-state index in [0.29, 0.717) is 6.42 Å². The van der Waals surface area contributed by atoms with Crippen LogP contribution in [-0.2, 0) is 20.5 Å². The van der Waals surface area contributed by atoms with E-state index in [9.17, 15) is 9.90 Å². The van der Waals surface area contributed by atoms with Crippen LogP contribution in [0.2, 0.25) is 0 Å². The highest BCUT2D eigenvalue weighted by atomic mass is 16.7. The molecule has 4 nitrogen and oxygen atoms in total. The highest BCUT2D eigenvalue weighted by Crippen LogP contribution is 2.37. The summed E-state index contributed by atoms with van der Waals surface area (Å²) in [7, 11) is -0.467. The Bertz CT molecular complexity index is 562. The van der Waals surface area contributed by atoms with E-state index >= 15 is 0 Å². The average molecular weight is 304 g/mol. The molecule has 2 rings (SSSR count). The molecule has 1 aliphatic heterocycles. The summed E-state index contributed by atoms with van der Waals surface area (Å²) in [5, 5.41) is 9.36. The second-order valence-electron chi connectivity index (χ2n) is 7.65. The van der Waals surface area contributed by atoms with Gasteiger partial charge in [0.15, 0.2) is 0 Å². The van der Waals surface area contributed by atoms with Crippen molar-refractivity contribution in [3.63, 3.8) is 0 Å². The predicted octanol–water partition coefficient (Wildman–Crippen LogP) is 2.64. The fourth-order valence-corrected chi connectivity index (χ4v) is 2.45. The minimum absolute atomic E-state index is 0.410. The third-order valence-electron chi connectivity index (χ3n) is 4.77. The normalized spacial score (nSPS) is 20.2. The zero-order chi connectivity index (χ0) is 16.8. The summed E-state index contributed by atoms with van der Waals surface area (Å²) in [4.78, 5) is 11.4. The van der Waals surface area contributed by atoms with Gasteiger partial charge in [-0.3, -0.25) is 4.79 Å². The van der Waals surface area contributed by atoms with Gasteiger partial charge in [-0.15, -0.1) is 0 Å². The molecule has 0 atom stereocenters. The molecule has 5 heteroatoms. The van der Waals surface area contributed by atoms with Gasteiger partial charge in [0.05, 0.1) is 16.6 Å². The molecule has 0 aliphatic carbocycles. The first kappa shape index (κ1) is 17.0. The van der Waals surface area contributed by atoms with Crippen molar-refractivity contribution in [3.8, 4) is 0 Å². The summed E-state index contributed by atoms with van der Waals surface area (Å²) >= 11 is 0. The Morgan fingerprint density at radius 2 is 1.64 bits per heavy atom. The van der Waals surface area contributed by atoms with E-state index in [-0.39, 0.29) is 0 Å². The van der Waals surface area contributed by atoms with E-state index in [1.54, 1.807) is 13.8 Å². The Morgan fingerprint density at radius 3 is 2.14 bits per heavy atom. The molecule has 1 N–H and O–H groups in total. The first-order chi connectivity index (χ1) is 9.96. The van der Waals surface area contributed by atoms with Gasteiger partial charge < -0.3 is 14.4 Å². The van der Waals surface area contributed by atoms with Gasteiger partial charge >= 0.3 is 13.1 Å². The maximum atomic E-state index is 11.4. The highest BCUT2D eigenvalue weighted by Gasteiger charge is 2.52. The number of aliphatic carboxylic acids is 1. The molecule has 0 spiro atoms. The number of rotatable bonds is 4. The topological polar surface area (TPSA) is 55.8 Å². The number of carboxylic acid groups (broad SMARTS) is 1. The number of carboxylic acids is 1. The standard InChI is InChI=1S/C17H25BO4/c1-15(2,14(19)20)11-12-9-7-8-10-13(12)18-21-16(3,4)17(5,6)22-18/h7-10H,11H2,1-6H3,(H,19,20). The molecular formula is C17H25BO4. The van der Waals surface area contributed by atoms with Gasteiger partial charge in [-0.05, 0) is 59.0 Å². The number of hydrogen-bond acceptors (Lipinski definition) is 3. The molecule has 1 aromatic rings. The van der Waals surface area contributed by atoms with Crippen LogP contribution >= 0.6 is 0 Å². The van der Waals surface area contributed by atoms with Crippen molar-refractivity contribution in [3.05, 3.63) is 29.8 Å². The van der Waals surface area contributed by atoms with E-state index in [1.807, 2.05) is 52.0 Å². The van der Waals surface area contributed by atoms with E-state index < -0.39 is 29.7 Å². The fraction of sp³-hybridized carbons (Fsp3) is 0.588. The zero-order valence-electron chi connectivity index (χ0n) is 14.3. The lowest BCUT2D eigenvalue weighted by Crippen LogP contribution is -2.41. The van der Waals surface area contributed by atoms with E-state index in [4.69, 9.17) is 9.31 Å². The number of carbonyl (C=O) groups is 1. The van der Waals surface area contributed by atoms with Gasteiger partial charge in [-0.2, -0.15) is 0 Å². The third kappa shape index (κ3) is 3.06. The van der Waals surface area contributed by atoms with Crippen LogP contribution in [0.25, 0.3) is 0 Å². The van der Waals surface area contributed by atoms with Crippen LogP contribution in [0, 0.1) is 5.41 Å². The molecule has 22 heavy (non-hydrogen) atoms. The van der Waals surface area contributed by atoms with Gasteiger partial charge in [0, 0.05) is 0 Å². The molecular weight excluding hydrogens is 279 g/mol. The Kier molecular flexibility index (Phi) is 4.17. The highest BCUT2D eigenvalue weighted by molar-refractivity contribution is 6.62. The number of hydrogen-bond donors (Lipinski definition) is 1. The summed E-state index contributed by atoms with van der Waals surface area (Å²) < 4.78 is 12.2. The zero-order valence-corrected chi connectivity index (χ0v) is 14.3. The smallest absolute Gasteiger partial charge is 0.481 e. The quantitative estimate of drug-likeness (QED) is 0.869. The predicted molar refractivity (Wildman–Crippen MR) is 87.3 cm³/mol. The van der Waals surface area contributed by atoms with E-state index in [2.05, 4.69) is 0 Å². The minimum atomic E-state index is -0.834. The molecule has 0 radical (unpaired) electrons. The van der Waals surface area contributed by atoms with Crippen LogP contribution in [-0.4, -0.2) is 29.4 Å². The van der Waals surface area contributed by atoms with Crippen molar-refractivity contribution < 1.29 is 19.2 Å². The fourth-order valence-electron chi connectivity index (χ4n) is 2.45. The molecule has 1 heterocycles. The molecule has 0 bridgehead atoms. The van der Waals surface area contributed by atoms with Gasteiger partial charge in [-0.25, -0.2) is 0 Å². The second kappa shape index (κ2) is 5.39. The van der Waals surface area contributed by atoms with Crippen molar-refractivity contribution >= 4 is 18.6 Å². The maximum Gasteiger partial charge on any atom is 0.495 e. The van der Waals surface area contributed by atoms with E-state index in [0.717, 1.165) is 11.0 Å². The van der Waals surface area contributed by atoms with Gasteiger partial charge in [-0.1, -0.05) is 24.3 Å². The largest absolute Gasteiger partial charge is 0.495 e. The van der Waals surface area contributed by atoms with Crippen molar-refractivity contribution in [1.29, 1.82) is 0 Å². The monoisotopic (exact) mass is 304 g/mol. The average Bonchev–Trinajstić information content (AvgIpc) is 2.58. The molecule has 1 aromatic carbocycles. The summed E-state index contributed by atoms with van der Waals surface area (Å²) in [6.07, 6.45) is 0.433. The first-order valence-electron chi connectivity index (χ1n) is 7.63. The lowest BCUT2D eigenvalue weighted by Gasteiger charge is -2.32. The van der Waals surface area contributed by atoms with Crippen molar-refractivity contribution in [2.75, 3.05) is 0 Å². The lowest BCUT2D eigenvalue weighted by molar-refractivity contribution is -0.146. The number of benzene rings is 1. The SMILES string of the molecule is CC(C)(Cc1ccccc1B1OC(C)(C)C(C)(C)O1)C(=O)O. The summed E-state index contributed by atoms with van der Waals surface area (Å²) in [5.74, 6) is -0.809. The van der Waals surface area contributed by atoms with Gasteiger partial charge in [0.2, 0.25) is 0 Å². The molecule has 0 amide bonds. The Balaban J connectivity index is 2.33. The summed E-state index contributed by atoms with van der Waals surface area (Å²) in [6.45, 7) is 11.5. The Morgan fingerprint density at radius 1 is 1.14 bits per heavy atom. The van der Waals surface area contributed by atoms with Crippen LogP contribution in [0.1, 0.15) is 47.1 Å². The Hall–Kier alpha value is -1.33. The summed E-state index contributed by atoms with van der Waals surface area (Å²) in [5.41, 5.74) is 0.212. The van der Waals surface area contributed by atoms with Gasteiger partial charge in [0.1, 0.15) is 0 Å². The molecule has 1 aliphatic rings. The van der Waals surface area contributed by atoms with Crippen molar-refractivity contribution in [1.82, 2.24) is 0 Å². The van der Waals surface area contributed by atoms with Gasteiger partial charge in [0.25, 0.3) is 0 Å². The molecule has 0 aromatic heterocycles. The van der Waals surface area contributed by atoms with Crippen molar-refractivity contribution in [2.45, 2.75) is 59.2 Å². The third-order valence-corrected chi connectivity index (χ3v) is 4.77. The molecule has 1 fully saturated rings. The maximum absolute atomic E-state index is 11.4. The molecule has 0 unspecified atom stereocenters. The first-order valence-corrected chi connectivity index (χ1v) is 7.63. The summed E-state index contributed by atoms with van der Waals surface area (Å²) in [6, 6.07) is 7.75. The van der Waals surface area contributed by atoms with Crippen LogP contribution in [0.3, 0.4) is 0 Å². The van der Waals surface area contributed by atoms with Crippen molar-refractivity contribution in [2.24, 2.45) is 5.41 Å². The van der Waals surface area contributed by atoms with Crippen LogP contribution < -0.4 is 5.46 Å². The van der Waals surface area contributed by atoms with Crippen LogP contribution in [0.15, 0.2) is 24.3 Å². The second-order valence-corrected chi connectivity index (χ2v) is 7.65. The molecule has 1 saturated heterocycles. The lowest BCUT2D eigenvalue weighted by atomic mass is 9.72. The Labute approximate surface area is 133 Å². The molecule has 0 saturated carbocycles. The van der Waals surface area contributed by atoms with Crippen LogP contribution in [0.5, 0.6) is 0 Å². The van der Waals surface area contributed by atoms with Crippen LogP contribution in [0.4, 0.5) is 0 Å².